The second kappa shape index (κ2) is 5.08. The predicted octanol–water partition coefficient (Wildman–Crippen LogP) is 2.53. The first-order valence-corrected chi connectivity index (χ1v) is 7.14. The molecule has 0 bridgehead atoms. The van der Waals surface area contributed by atoms with Crippen molar-refractivity contribution in [2.24, 2.45) is 0 Å². The smallest absolute Gasteiger partial charge is 0.410 e. The third-order valence-corrected chi connectivity index (χ3v) is 3.93. The van der Waals surface area contributed by atoms with Gasteiger partial charge in [-0.3, -0.25) is 0 Å². The molecule has 0 aromatic heterocycles. The molecule has 1 unspecified atom stereocenters. The van der Waals surface area contributed by atoms with E-state index in [1.54, 1.807) is 0 Å². The zero-order valence-electron chi connectivity index (χ0n) is 11.9. The van der Waals surface area contributed by atoms with E-state index in [-0.39, 0.29) is 11.6 Å². The molecule has 0 radical (unpaired) electrons. The summed E-state index contributed by atoms with van der Waals surface area (Å²) in [6.07, 6.45) is 5.59. The lowest BCUT2D eigenvalue weighted by molar-refractivity contribution is 0.000581. The second-order valence-corrected chi connectivity index (χ2v) is 6.59. The fraction of sp³-hybridized carbons (Fsp3) is 0.929. The molecule has 2 aliphatic heterocycles. The highest BCUT2D eigenvalue weighted by Gasteiger charge is 2.43. The van der Waals surface area contributed by atoms with Crippen LogP contribution in [-0.4, -0.2) is 41.8 Å². The Labute approximate surface area is 110 Å². The van der Waals surface area contributed by atoms with E-state index in [4.69, 9.17) is 4.74 Å². The molecule has 4 heteroatoms. The Morgan fingerprint density at radius 1 is 1.22 bits per heavy atom. The molecule has 104 valence electrons. The minimum Gasteiger partial charge on any atom is -0.444 e. The molecular formula is C14H26N2O2. The lowest BCUT2D eigenvalue weighted by Crippen LogP contribution is -2.54. The van der Waals surface area contributed by atoms with E-state index in [2.05, 4.69) is 5.32 Å². The van der Waals surface area contributed by atoms with Gasteiger partial charge in [0.15, 0.2) is 0 Å². The van der Waals surface area contributed by atoms with E-state index in [1.165, 1.54) is 12.8 Å². The molecule has 0 aliphatic carbocycles. The van der Waals surface area contributed by atoms with Crippen LogP contribution in [0.4, 0.5) is 4.79 Å². The maximum Gasteiger partial charge on any atom is 0.410 e. The van der Waals surface area contributed by atoms with Gasteiger partial charge in [0.05, 0.1) is 5.54 Å². The molecule has 1 atom stereocenters. The fourth-order valence-electron chi connectivity index (χ4n) is 3.05. The van der Waals surface area contributed by atoms with Crippen LogP contribution in [0.15, 0.2) is 0 Å². The minimum absolute atomic E-state index is 0.0127. The number of hydrogen-bond acceptors (Lipinski definition) is 3. The van der Waals surface area contributed by atoms with Crippen LogP contribution in [0.5, 0.6) is 0 Å². The molecule has 2 aliphatic rings. The Kier molecular flexibility index (Phi) is 3.85. The van der Waals surface area contributed by atoms with Gasteiger partial charge in [-0.1, -0.05) is 12.8 Å². The van der Waals surface area contributed by atoms with Gasteiger partial charge in [-0.15, -0.1) is 0 Å². The van der Waals surface area contributed by atoms with Crippen LogP contribution in [0.1, 0.15) is 52.9 Å². The summed E-state index contributed by atoms with van der Waals surface area (Å²) in [4.78, 5) is 14.4. The van der Waals surface area contributed by atoms with Crippen LogP contribution < -0.4 is 5.32 Å². The van der Waals surface area contributed by atoms with E-state index in [9.17, 15) is 4.79 Å². The van der Waals surface area contributed by atoms with E-state index in [1.807, 2.05) is 25.7 Å². The molecular weight excluding hydrogens is 228 g/mol. The first-order chi connectivity index (χ1) is 8.43. The second-order valence-electron chi connectivity index (χ2n) is 6.59. The highest BCUT2D eigenvalue weighted by molar-refractivity contribution is 5.69. The molecule has 0 aromatic carbocycles. The summed E-state index contributed by atoms with van der Waals surface area (Å²) in [6.45, 7) is 8.58. The molecule has 1 amide bonds. The largest absolute Gasteiger partial charge is 0.444 e. The zero-order valence-corrected chi connectivity index (χ0v) is 11.9. The number of hydrogen-bond donors (Lipinski definition) is 1. The van der Waals surface area contributed by atoms with Crippen molar-refractivity contribution in [2.75, 3.05) is 19.6 Å². The third kappa shape index (κ3) is 2.97. The maximum atomic E-state index is 12.4. The normalized spacial score (nSPS) is 29.4. The maximum absolute atomic E-state index is 12.4. The molecule has 2 rings (SSSR count). The topological polar surface area (TPSA) is 41.6 Å². The number of ether oxygens (including phenoxy) is 1. The number of nitrogens with one attached hydrogen (secondary N) is 1. The van der Waals surface area contributed by atoms with Crippen molar-refractivity contribution in [3.8, 4) is 0 Å². The summed E-state index contributed by atoms with van der Waals surface area (Å²) in [5, 5.41) is 3.41. The molecule has 0 saturated carbocycles. The highest BCUT2D eigenvalue weighted by Crippen LogP contribution is 2.33. The van der Waals surface area contributed by atoms with Crippen LogP contribution in [0.3, 0.4) is 0 Å². The van der Waals surface area contributed by atoms with Gasteiger partial charge in [-0.05, 0) is 46.6 Å². The number of amides is 1. The van der Waals surface area contributed by atoms with Crippen LogP contribution >= 0.6 is 0 Å². The number of carbonyl (C=O) groups excluding carboxylic acids is 1. The summed E-state index contributed by atoms with van der Waals surface area (Å²) < 4.78 is 5.58. The molecule has 2 heterocycles. The number of carbonyl (C=O) groups is 1. The Morgan fingerprint density at radius 2 is 2.00 bits per heavy atom. The Balaban J connectivity index is 2.13. The summed E-state index contributed by atoms with van der Waals surface area (Å²) in [7, 11) is 0. The SMILES string of the molecule is CC(C)(C)OC(=O)N1CCCCCC12CCNC2. The molecule has 1 spiro atoms. The average Bonchev–Trinajstić information content (AvgIpc) is 2.58. The van der Waals surface area contributed by atoms with Crippen molar-refractivity contribution in [1.29, 1.82) is 0 Å². The quantitative estimate of drug-likeness (QED) is 0.722. The number of rotatable bonds is 0. The molecule has 0 aromatic rings. The summed E-state index contributed by atoms with van der Waals surface area (Å²) in [5.74, 6) is 0. The van der Waals surface area contributed by atoms with Crippen LogP contribution in [-0.2, 0) is 4.74 Å². The zero-order chi connectivity index (χ0) is 13.2. The molecule has 2 fully saturated rings. The molecule has 18 heavy (non-hydrogen) atoms. The van der Waals surface area contributed by atoms with Crippen molar-refractivity contribution < 1.29 is 9.53 Å². The molecule has 1 N–H and O–H groups in total. The highest BCUT2D eigenvalue weighted by atomic mass is 16.6. The van der Waals surface area contributed by atoms with Gasteiger partial charge in [-0.25, -0.2) is 4.79 Å². The van der Waals surface area contributed by atoms with Crippen molar-refractivity contribution in [1.82, 2.24) is 10.2 Å². The van der Waals surface area contributed by atoms with E-state index in [0.717, 1.165) is 38.9 Å². The van der Waals surface area contributed by atoms with Gasteiger partial charge in [-0.2, -0.15) is 0 Å². The number of nitrogens with zero attached hydrogens (tertiary/aromatic N) is 1. The summed E-state index contributed by atoms with van der Waals surface area (Å²) in [5.41, 5.74) is -0.393. The van der Waals surface area contributed by atoms with Crippen molar-refractivity contribution >= 4 is 6.09 Å². The fourth-order valence-corrected chi connectivity index (χ4v) is 3.05. The summed E-state index contributed by atoms with van der Waals surface area (Å²) in [6, 6.07) is 0. The van der Waals surface area contributed by atoms with Crippen LogP contribution in [0.2, 0.25) is 0 Å². The van der Waals surface area contributed by atoms with E-state index < -0.39 is 5.60 Å². The standard InChI is InChI=1S/C14H26N2O2/c1-13(2,3)18-12(17)16-10-6-4-5-7-14(16)8-9-15-11-14/h15H,4-11H2,1-3H3. The van der Waals surface area contributed by atoms with Gasteiger partial charge < -0.3 is 15.0 Å². The van der Waals surface area contributed by atoms with Crippen molar-refractivity contribution in [3.63, 3.8) is 0 Å². The lowest BCUT2D eigenvalue weighted by Gasteiger charge is -2.40. The van der Waals surface area contributed by atoms with Gasteiger partial charge in [0.1, 0.15) is 5.60 Å². The van der Waals surface area contributed by atoms with E-state index >= 15 is 0 Å². The Hall–Kier alpha value is -0.770. The van der Waals surface area contributed by atoms with Gasteiger partial charge in [0, 0.05) is 13.1 Å². The van der Waals surface area contributed by atoms with E-state index in [0.29, 0.717) is 0 Å². The summed E-state index contributed by atoms with van der Waals surface area (Å²) >= 11 is 0. The third-order valence-electron chi connectivity index (χ3n) is 3.93. The van der Waals surface area contributed by atoms with Gasteiger partial charge in [0.25, 0.3) is 0 Å². The monoisotopic (exact) mass is 254 g/mol. The first kappa shape index (κ1) is 13.7. The number of likely N-dealkylation sites (tertiary alicyclic amines) is 1. The van der Waals surface area contributed by atoms with Gasteiger partial charge >= 0.3 is 6.09 Å². The Bertz CT molecular complexity index is 303. The average molecular weight is 254 g/mol. The van der Waals surface area contributed by atoms with Crippen LogP contribution in [0, 0.1) is 0 Å². The lowest BCUT2D eigenvalue weighted by atomic mass is 9.91. The predicted molar refractivity (Wildman–Crippen MR) is 71.6 cm³/mol. The first-order valence-electron chi connectivity index (χ1n) is 7.14. The van der Waals surface area contributed by atoms with Crippen LogP contribution in [0.25, 0.3) is 0 Å². The van der Waals surface area contributed by atoms with Crippen molar-refractivity contribution in [3.05, 3.63) is 0 Å². The Morgan fingerprint density at radius 3 is 2.61 bits per heavy atom. The van der Waals surface area contributed by atoms with Crippen molar-refractivity contribution in [2.45, 2.75) is 64.0 Å². The minimum atomic E-state index is -0.406. The molecule has 2 saturated heterocycles. The van der Waals surface area contributed by atoms with Gasteiger partial charge in [0.2, 0.25) is 0 Å². The molecule has 4 nitrogen and oxygen atoms in total.